The van der Waals surface area contributed by atoms with Crippen LogP contribution in [0.25, 0.3) is 33.5 Å². The first-order valence-corrected chi connectivity index (χ1v) is 11.8. The Morgan fingerprint density at radius 3 is 2.79 bits per heavy atom. The summed E-state index contributed by atoms with van der Waals surface area (Å²) in [4.78, 5) is 10.8. The van der Waals surface area contributed by atoms with E-state index in [4.69, 9.17) is 9.72 Å². The number of phenols is 1. The number of nitrogens with one attached hydrogen (secondary N) is 2. The average molecular weight is 464 g/mol. The van der Waals surface area contributed by atoms with Crippen LogP contribution in [0.1, 0.15) is 43.6 Å². The molecule has 0 bridgehead atoms. The molecule has 4 aromatic rings. The second-order valence-corrected chi connectivity index (χ2v) is 8.91. The lowest BCUT2D eigenvalue weighted by Gasteiger charge is -2.26. The number of H-pyrrole nitrogens is 2. The van der Waals surface area contributed by atoms with E-state index in [0.717, 1.165) is 83.0 Å². The zero-order chi connectivity index (χ0) is 23.8. The van der Waals surface area contributed by atoms with Crippen molar-refractivity contribution in [1.29, 1.82) is 0 Å². The molecule has 3 heterocycles. The Labute approximate surface area is 198 Å². The van der Waals surface area contributed by atoms with Gasteiger partial charge in [0.1, 0.15) is 5.69 Å². The van der Waals surface area contributed by atoms with Crippen LogP contribution in [0.3, 0.4) is 0 Å². The highest BCUT2D eigenvalue weighted by molar-refractivity contribution is 5.94. The van der Waals surface area contributed by atoms with Crippen LogP contribution in [0.15, 0.2) is 30.3 Å². The third-order valence-corrected chi connectivity index (χ3v) is 6.87. The molecule has 0 radical (unpaired) electrons. The molecular formula is C26H30FN5O2. The smallest absolute Gasteiger partial charge is 0.165 e. The maximum Gasteiger partial charge on any atom is 0.165 e. The molecule has 3 N–H and O–H groups in total. The quantitative estimate of drug-likeness (QED) is 0.336. The molecule has 0 spiro atoms. The van der Waals surface area contributed by atoms with E-state index in [2.05, 4.69) is 27.0 Å². The highest BCUT2D eigenvalue weighted by Crippen LogP contribution is 2.34. The summed E-state index contributed by atoms with van der Waals surface area (Å²) in [5.41, 5.74) is 6.38. The summed E-state index contributed by atoms with van der Waals surface area (Å²) in [5, 5.41) is 18.3. The second-order valence-electron chi connectivity index (χ2n) is 8.91. The second kappa shape index (κ2) is 9.19. The van der Waals surface area contributed by atoms with Gasteiger partial charge in [0.2, 0.25) is 0 Å². The molecule has 34 heavy (non-hydrogen) atoms. The van der Waals surface area contributed by atoms with E-state index in [1.807, 2.05) is 25.1 Å². The summed E-state index contributed by atoms with van der Waals surface area (Å²) in [7, 11) is 1.75. The van der Waals surface area contributed by atoms with Crippen LogP contribution in [-0.4, -0.2) is 49.9 Å². The minimum Gasteiger partial charge on any atom is -0.505 e. The lowest BCUT2D eigenvalue weighted by molar-refractivity contribution is 0.125. The topological polar surface area (TPSA) is 90.1 Å². The lowest BCUT2D eigenvalue weighted by atomic mass is 9.96. The molecule has 2 aromatic heterocycles. The van der Waals surface area contributed by atoms with Crippen molar-refractivity contribution < 1.29 is 14.2 Å². The first-order chi connectivity index (χ1) is 16.5. The normalized spacial score (nSPS) is 14.7. The van der Waals surface area contributed by atoms with Gasteiger partial charge in [-0.3, -0.25) is 10.00 Å². The number of halogens is 1. The molecule has 2 aromatic carbocycles. The molecule has 1 atom stereocenters. The fourth-order valence-electron chi connectivity index (χ4n) is 4.96. The molecule has 178 valence electrons. The minimum absolute atomic E-state index is 0.320. The van der Waals surface area contributed by atoms with E-state index in [0.29, 0.717) is 12.5 Å². The number of phenolic OH excluding ortho intramolecular Hbond substituents is 1. The van der Waals surface area contributed by atoms with Crippen LogP contribution < -0.4 is 0 Å². The van der Waals surface area contributed by atoms with Gasteiger partial charge in [-0.1, -0.05) is 19.9 Å². The Morgan fingerprint density at radius 2 is 2.06 bits per heavy atom. The van der Waals surface area contributed by atoms with E-state index in [1.54, 1.807) is 7.11 Å². The molecule has 0 saturated carbocycles. The number of hydrogen-bond donors (Lipinski definition) is 3. The number of imidazole rings is 1. The summed E-state index contributed by atoms with van der Waals surface area (Å²) < 4.78 is 19.3. The highest BCUT2D eigenvalue weighted by atomic mass is 19.1. The fraction of sp³-hybridized carbons (Fsp3) is 0.385. The predicted octanol–water partition coefficient (Wildman–Crippen LogP) is 5.16. The number of aromatic hydroxyl groups is 1. The Hall–Kier alpha value is -3.23. The van der Waals surface area contributed by atoms with E-state index in [-0.39, 0.29) is 5.75 Å². The molecular weight excluding hydrogens is 433 g/mol. The Morgan fingerprint density at radius 1 is 1.21 bits per heavy atom. The molecule has 1 aliphatic rings. The maximum atomic E-state index is 14.1. The number of benzene rings is 2. The molecule has 0 aliphatic carbocycles. The van der Waals surface area contributed by atoms with Crippen molar-refractivity contribution in [3.05, 3.63) is 53.1 Å². The van der Waals surface area contributed by atoms with Crippen LogP contribution in [0.4, 0.5) is 4.39 Å². The van der Waals surface area contributed by atoms with Crippen molar-refractivity contribution in [3.8, 4) is 28.4 Å². The summed E-state index contributed by atoms with van der Waals surface area (Å²) in [6.45, 7) is 6.64. The van der Waals surface area contributed by atoms with Crippen molar-refractivity contribution in [3.63, 3.8) is 0 Å². The van der Waals surface area contributed by atoms with Crippen molar-refractivity contribution in [1.82, 2.24) is 25.1 Å². The fourth-order valence-corrected chi connectivity index (χ4v) is 4.96. The Balaban J connectivity index is 1.42. The van der Waals surface area contributed by atoms with E-state index < -0.39 is 5.82 Å². The van der Waals surface area contributed by atoms with Gasteiger partial charge in [-0.15, -0.1) is 0 Å². The first-order valence-electron chi connectivity index (χ1n) is 11.8. The van der Waals surface area contributed by atoms with Gasteiger partial charge in [0.25, 0.3) is 0 Å². The van der Waals surface area contributed by atoms with Crippen molar-refractivity contribution in [2.45, 2.75) is 52.2 Å². The zero-order valence-corrected chi connectivity index (χ0v) is 19.8. The molecule has 1 aliphatic heterocycles. The number of ether oxygens (including phenoxy) is 1. The number of fused-ring (bicyclic) bond motifs is 2. The molecule has 1 unspecified atom stereocenters. The summed E-state index contributed by atoms with van der Waals surface area (Å²) in [6, 6.07) is 9.30. The third-order valence-electron chi connectivity index (χ3n) is 6.87. The number of aromatic amines is 2. The molecule has 0 fully saturated rings. The Bertz CT molecular complexity index is 1300. The standard InChI is InChI=1S/C26H30FN5O2/c1-4-15-11-24(33)20(27)12-19(15)16-6-7-18-21(10-16)30-31-25(18)26-28-22-13-32(14-23(22)29-26)17(5-2)8-9-34-3/h6-7,10-12,17,33H,4-5,8-9,13-14H2,1-3H3,(H,28,29)(H,30,31). The van der Waals surface area contributed by atoms with E-state index >= 15 is 0 Å². The molecule has 0 amide bonds. The van der Waals surface area contributed by atoms with Crippen molar-refractivity contribution in [2.75, 3.05) is 13.7 Å². The molecule has 8 heteroatoms. The number of nitrogens with zero attached hydrogens (tertiary/aromatic N) is 3. The van der Waals surface area contributed by atoms with E-state index in [1.165, 1.54) is 12.1 Å². The van der Waals surface area contributed by atoms with Gasteiger partial charge in [0.15, 0.2) is 17.4 Å². The molecule has 7 nitrogen and oxygen atoms in total. The van der Waals surface area contributed by atoms with Gasteiger partial charge in [-0.25, -0.2) is 9.37 Å². The van der Waals surface area contributed by atoms with Gasteiger partial charge in [0, 0.05) is 38.2 Å². The van der Waals surface area contributed by atoms with Crippen LogP contribution in [0.5, 0.6) is 5.75 Å². The number of methoxy groups -OCH3 is 1. The average Bonchev–Trinajstić information content (AvgIpc) is 3.53. The van der Waals surface area contributed by atoms with E-state index in [9.17, 15) is 9.50 Å². The van der Waals surface area contributed by atoms with Crippen LogP contribution in [-0.2, 0) is 24.2 Å². The third kappa shape index (κ3) is 3.97. The van der Waals surface area contributed by atoms with Gasteiger partial charge in [-0.2, -0.15) is 5.10 Å². The first kappa shape index (κ1) is 22.6. The largest absolute Gasteiger partial charge is 0.505 e. The summed E-state index contributed by atoms with van der Waals surface area (Å²) in [5.74, 6) is -0.179. The molecule has 5 rings (SSSR count). The van der Waals surface area contributed by atoms with Crippen molar-refractivity contribution >= 4 is 10.9 Å². The van der Waals surface area contributed by atoms with Gasteiger partial charge >= 0.3 is 0 Å². The van der Waals surface area contributed by atoms with Crippen LogP contribution in [0.2, 0.25) is 0 Å². The van der Waals surface area contributed by atoms with Crippen molar-refractivity contribution in [2.24, 2.45) is 0 Å². The summed E-state index contributed by atoms with van der Waals surface area (Å²) in [6.07, 6.45) is 2.79. The zero-order valence-electron chi connectivity index (χ0n) is 19.8. The number of aryl methyl sites for hydroxylation is 1. The number of hydrogen-bond acceptors (Lipinski definition) is 5. The van der Waals surface area contributed by atoms with Gasteiger partial charge in [0.05, 0.1) is 16.9 Å². The molecule has 0 saturated heterocycles. The lowest BCUT2D eigenvalue weighted by Crippen LogP contribution is -2.31. The minimum atomic E-state index is -0.621. The predicted molar refractivity (Wildman–Crippen MR) is 130 cm³/mol. The van der Waals surface area contributed by atoms with Gasteiger partial charge in [-0.05, 0) is 60.2 Å². The van der Waals surface area contributed by atoms with Gasteiger partial charge < -0.3 is 14.8 Å². The summed E-state index contributed by atoms with van der Waals surface area (Å²) >= 11 is 0. The maximum absolute atomic E-state index is 14.1. The van der Waals surface area contributed by atoms with Crippen LogP contribution in [0, 0.1) is 5.82 Å². The number of rotatable bonds is 8. The monoisotopic (exact) mass is 463 g/mol. The highest BCUT2D eigenvalue weighted by Gasteiger charge is 2.28. The Kier molecular flexibility index (Phi) is 6.10. The van der Waals surface area contributed by atoms with Crippen LogP contribution >= 0.6 is 0 Å². The number of aromatic nitrogens is 4. The SMILES string of the molecule is CCc1cc(O)c(F)cc1-c1ccc2c(-c3nc4c([nH]3)CN(C(CC)CCOC)C4)n[nH]c2c1.